The summed E-state index contributed by atoms with van der Waals surface area (Å²) in [6, 6.07) is 5.69. The molecule has 4 nitrogen and oxygen atoms in total. The van der Waals surface area contributed by atoms with Crippen LogP contribution in [0.3, 0.4) is 0 Å². The van der Waals surface area contributed by atoms with E-state index in [9.17, 15) is 8.78 Å². The Balaban J connectivity index is 3.01. The fourth-order valence-corrected chi connectivity index (χ4v) is 1.15. The summed E-state index contributed by atoms with van der Waals surface area (Å²) in [5.74, 6) is -2.44. The molecule has 0 heterocycles. The number of allylic oxidation sites excluding steroid dienone is 1. The summed E-state index contributed by atoms with van der Waals surface area (Å²) in [5, 5.41) is 19.3. The first-order valence-electron chi connectivity index (χ1n) is 5.01. The van der Waals surface area contributed by atoms with Crippen LogP contribution in [0.15, 0.2) is 23.9 Å². The van der Waals surface area contributed by atoms with Gasteiger partial charge in [-0.3, -0.25) is 0 Å². The number of hydrogen-bond donors (Lipinski definition) is 1. The van der Waals surface area contributed by atoms with E-state index in [1.807, 2.05) is 0 Å². The Morgan fingerprint density at radius 1 is 1.33 bits per heavy atom. The third-order valence-corrected chi connectivity index (χ3v) is 1.96. The van der Waals surface area contributed by atoms with Crippen LogP contribution in [0, 0.1) is 34.3 Å². The van der Waals surface area contributed by atoms with Gasteiger partial charge in [0.2, 0.25) is 5.82 Å². The lowest BCUT2D eigenvalue weighted by atomic mass is 10.2. The van der Waals surface area contributed by atoms with Crippen LogP contribution in [0.1, 0.15) is 6.92 Å². The number of halogens is 2. The minimum Gasteiger partial charge on any atom is -0.491 e. The van der Waals surface area contributed by atoms with Gasteiger partial charge in [0.25, 0.3) is 0 Å². The Bertz CT molecular complexity index is 540. The van der Waals surface area contributed by atoms with Crippen molar-refractivity contribution in [1.29, 1.82) is 10.5 Å². The predicted molar refractivity (Wildman–Crippen MR) is 60.5 cm³/mol. The Morgan fingerprint density at radius 2 is 2.00 bits per heavy atom. The zero-order valence-corrected chi connectivity index (χ0v) is 9.50. The summed E-state index contributed by atoms with van der Waals surface area (Å²) in [6.07, 6.45) is 0.998. The number of hydrogen-bond acceptors (Lipinski definition) is 4. The third-order valence-electron chi connectivity index (χ3n) is 1.96. The van der Waals surface area contributed by atoms with Crippen molar-refractivity contribution in [1.82, 2.24) is 0 Å². The fraction of sp³-hybridized carbons (Fsp3) is 0.167. The lowest BCUT2D eigenvalue weighted by Crippen LogP contribution is -2.00. The molecular weight excluding hydrogens is 240 g/mol. The molecule has 0 aliphatic rings. The first-order valence-corrected chi connectivity index (χ1v) is 5.01. The van der Waals surface area contributed by atoms with Crippen LogP contribution in [0.4, 0.5) is 14.5 Å². The van der Waals surface area contributed by atoms with Crippen LogP contribution in [0.2, 0.25) is 0 Å². The molecule has 18 heavy (non-hydrogen) atoms. The lowest BCUT2D eigenvalue weighted by Gasteiger charge is -2.08. The molecule has 0 aromatic heterocycles. The first kappa shape index (κ1) is 13.5. The van der Waals surface area contributed by atoms with E-state index in [0.717, 1.165) is 6.20 Å². The number of rotatable bonds is 4. The molecule has 0 spiro atoms. The SMILES string of the molecule is CCOc1ccc(NC=C(C#N)C#N)c(F)c1F. The number of nitrogens with one attached hydrogen (secondary N) is 1. The van der Waals surface area contributed by atoms with Gasteiger partial charge < -0.3 is 10.1 Å². The molecule has 0 fully saturated rings. The molecule has 0 atom stereocenters. The molecule has 0 saturated carbocycles. The van der Waals surface area contributed by atoms with Crippen molar-refractivity contribution in [3.63, 3.8) is 0 Å². The van der Waals surface area contributed by atoms with Crippen LogP contribution >= 0.6 is 0 Å². The second kappa shape index (κ2) is 6.21. The van der Waals surface area contributed by atoms with E-state index in [0.29, 0.717) is 0 Å². The zero-order valence-electron chi connectivity index (χ0n) is 9.50. The smallest absolute Gasteiger partial charge is 0.202 e. The van der Waals surface area contributed by atoms with E-state index in [4.69, 9.17) is 15.3 Å². The molecule has 0 aliphatic carbocycles. The van der Waals surface area contributed by atoms with Crippen molar-refractivity contribution in [2.24, 2.45) is 0 Å². The number of anilines is 1. The lowest BCUT2D eigenvalue weighted by molar-refractivity contribution is 0.314. The van der Waals surface area contributed by atoms with Gasteiger partial charge in [0.05, 0.1) is 12.3 Å². The average molecular weight is 249 g/mol. The molecule has 0 aliphatic heterocycles. The predicted octanol–water partition coefficient (Wildman–Crippen LogP) is 2.71. The van der Waals surface area contributed by atoms with E-state index in [2.05, 4.69) is 5.32 Å². The van der Waals surface area contributed by atoms with Crippen molar-refractivity contribution < 1.29 is 13.5 Å². The average Bonchev–Trinajstić information content (AvgIpc) is 2.38. The molecule has 1 aromatic carbocycles. The van der Waals surface area contributed by atoms with Gasteiger partial charge in [-0.15, -0.1) is 0 Å². The molecular formula is C12H9F2N3O. The Hall–Kier alpha value is -2.60. The number of nitriles is 2. The second-order valence-electron chi connectivity index (χ2n) is 3.10. The first-order chi connectivity index (χ1) is 8.63. The highest BCUT2D eigenvalue weighted by molar-refractivity contribution is 5.53. The summed E-state index contributed by atoms with van der Waals surface area (Å²) in [6.45, 7) is 1.87. The molecule has 1 rings (SSSR count). The molecule has 0 unspecified atom stereocenters. The minimum atomic E-state index is -1.13. The van der Waals surface area contributed by atoms with Crippen LogP contribution < -0.4 is 10.1 Å². The van der Waals surface area contributed by atoms with Gasteiger partial charge in [0.1, 0.15) is 17.7 Å². The maximum Gasteiger partial charge on any atom is 0.202 e. The van der Waals surface area contributed by atoms with Crippen molar-refractivity contribution >= 4 is 5.69 Å². The minimum absolute atomic E-state index is 0.182. The van der Waals surface area contributed by atoms with E-state index < -0.39 is 11.6 Å². The summed E-state index contributed by atoms with van der Waals surface area (Å²) in [4.78, 5) is 0. The Kier molecular flexibility index (Phi) is 4.65. The molecule has 0 radical (unpaired) electrons. The molecule has 0 bridgehead atoms. The number of nitrogens with zero attached hydrogens (tertiary/aromatic N) is 2. The van der Waals surface area contributed by atoms with Crippen molar-refractivity contribution in [3.05, 3.63) is 35.5 Å². The Labute approximate surface area is 103 Å². The van der Waals surface area contributed by atoms with Gasteiger partial charge >= 0.3 is 0 Å². The summed E-state index contributed by atoms with van der Waals surface area (Å²) in [7, 11) is 0. The molecule has 0 saturated heterocycles. The van der Waals surface area contributed by atoms with Crippen LogP contribution in [-0.2, 0) is 0 Å². The fourth-order valence-electron chi connectivity index (χ4n) is 1.15. The zero-order chi connectivity index (χ0) is 13.5. The largest absolute Gasteiger partial charge is 0.491 e. The number of benzene rings is 1. The van der Waals surface area contributed by atoms with Gasteiger partial charge in [-0.1, -0.05) is 0 Å². The molecule has 1 aromatic rings. The standard InChI is InChI=1S/C12H9F2N3O/c1-2-18-10-4-3-9(11(13)12(10)14)17-7-8(5-15)6-16/h3-4,7,17H,2H2,1H3. The third kappa shape index (κ3) is 2.96. The maximum atomic E-state index is 13.5. The Morgan fingerprint density at radius 3 is 2.56 bits per heavy atom. The summed E-state index contributed by atoms with van der Waals surface area (Å²) in [5.41, 5.74) is -0.428. The second-order valence-corrected chi connectivity index (χ2v) is 3.10. The maximum absolute atomic E-state index is 13.5. The summed E-state index contributed by atoms with van der Waals surface area (Å²) >= 11 is 0. The molecule has 0 amide bonds. The van der Waals surface area contributed by atoms with Crippen LogP contribution in [-0.4, -0.2) is 6.61 Å². The molecule has 6 heteroatoms. The van der Waals surface area contributed by atoms with Gasteiger partial charge in [-0.05, 0) is 19.1 Å². The van der Waals surface area contributed by atoms with Gasteiger partial charge in [-0.25, -0.2) is 4.39 Å². The van der Waals surface area contributed by atoms with Crippen LogP contribution in [0.5, 0.6) is 5.75 Å². The van der Waals surface area contributed by atoms with Crippen molar-refractivity contribution in [3.8, 4) is 17.9 Å². The quantitative estimate of drug-likeness (QED) is 0.833. The van der Waals surface area contributed by atoms with E-state index >= 15 is 0 Å². The van der Waals surface area contributed by atoms with Crippen molar-refractivity contribution in [2.75, 3.05) is 11.9 Å². The highest BCUT2D eigenvalue weighted by Crippen LogP contribution is 2.26. The molecule has 92 valence electrons. The topological polar surface area (TPSA) is 68.8 Å². The highest BCUT2D eigenvalue weighted by atomic mass is 19.2. The monoisotopic (exact) mass is 249 g/mol. The molecule has 1 N–H and O–H groups in total. The van der Waals surface area contributed by atoms with E-state index in [1.54, 1.807) is 19.1 Å². The summed E-state index contributed by atoms with van der Waals surface area (Å²) < 4.78 is 31.9. The van der Waals surface area contributed by atoms with Crippen LogP contribution in [0.25, 0.3) is 0 Å². The normalized spacial score (nSPS) is 8.94. The van der Waals surface area contributed by atoms with Gasteiger partial charge in [0, 0.05) is 6.20 Å². The van der Waals surface area contributed by atoms with Gasteiger partial charge in [-0.2, -0.15) is 14.9 Å². The van der Waals surface area contributed by atoms with Crippen molar-refractivity contribution in [2.45, 2.75) is 6.92 Å². The van der Waals surface area contributed by atoms with E-state index in [-0.39, 0.29) is 23.6 Å². The van der Waals surface area contributed by atoms with E-state index in [1.165, 1.54) is 12.1 Å². The number of ether oxygens (including phenoxy) is 1. The van der Waals surface area contributed by atoms with Gasteiger partial charge in [0.15, 0.2) is 11.6 Å². The highest BCUT2D eigenvalue weighted by Gasteiger charge is 2.13.